The molecule has 0 bridgehead atoms. The average Bonchev–Trinajstić information content (AvgIpc) is 3.04. The summed E-state index contributed by atoms with van der Waals surface area (Å²) in [4.78, 5) is 27.7. The first-order valence-corrected chi connectivity index (χ1v) is 15.1. The lowest BCUT2D eigenvalue weighted by Gasteiger charge is -2.34. The van der Waals surface area contributed by atoms with Crippen molar-refractivity contribution >= 4 is 33.2 Å². The zero-order chi connectivity index (χ0) is 30.2. The molecule has 43 heavy (non-hydrogen) atoms. The number of hydrogen-bond acceptors (Lipinski definition) is 7. The molecule has 0 aromatic heterocycles. The Morgan fingerprint density at radius 3 is 2.28 bits per heavy atom. The van der Waals surface area contributed by atoms with Crippen molar-refractivity contribution in [2.24, 2.45) is 0 Å². The van der Waals surface area contributed by atoms with E-state index in [2.05, 4.69) is 10.0 Å². The van der Waals surface area contributed by atoms with Gasteiger partial charge in [-0.1, -0.05) is 42.5 Å². The summed E-state index contributed by atoms with van der Waals surface area (Å²) in [5.41, 5.74) is 2.03. The molecule has 2 amide bonds. The molecule has 2 N–H and O–H groups in total. The minimum atomic E-state index is -3.84. The normalized spacial score (nSPS) is 14.2. The number of rotatable bonds is 11. The number of methoxy groups -OCH3 is 1. The zero-order valence-electron chi connectivity index (χ0n) is 23.4. The molecule has 4 aromatic carbocycles. The van der Waals surface area contributed by atoms with Crippen LogP contribution in [0.2, 0.25) is 0 Å². The number of amides is 2. The van der Waals surface area contributed by atoms with Gasteiger partial charge in [0.05, 0.1) is 24.2 Å². The van der Waals surface area contributed by atoms with Crippen LogP contribution in [0.5, 0.6) is 17.2 Å². The van der Waals surface area contributed by atoms with Crippen LogP contribution in [0.25, 0.3) is 0 Å². The van der Waals surface area contributed by atoms with Gasteiger partial charge in [-0.2, -0.15) is 0 Å². The number of anilines is 2. The van der Waals surface area contributed by atoms with Crippen LogP contribution in [0, 0.1) is 0 Å². The van der Waals surface area contributed by atoms with E-state index in [0.29, 0.717) is 41.6 Å². The molecule has 1 unspecified atom stereocenters. The number of sulfonamides is 1. The lowest BCUT2D eigenvalue weighted by atomic mass is 10.1. The molecule has 0 radical (unpaired) electrons. The summed E-state index contributed by atoms with van der Waals surface area (Å²) in [5, 5.41) is 2.89. The summed E-state index contributed by atoms with van der Waals surface area (Å²) in [6.45, 7) is 0.125. The van der Waals surface area contributed by atoms with E-state index >= 15 is 0 Å². The monoisotopic (exact) mass is 601 g/mol. The highest BCUT2D eigenvalue weighted by Crippen LogP contribution is 2.33. The van der Waals surface area contributed by atoms with E-state index in [1.807, 2.05) is 30.3 Å². The topological polar surface area (TPSA) is 123 Å². The number of carbonyl (C=O) groups excluding carboxylic acids is 2. The summed E-state index contributed by atoms with van der Waals surface area (Å²) in [6.07, 6.45) is -0.221. The molecule has 5 rings (SSSR count). The number of carbonyl (C=O) groups is 2. The molecule has 1 heterocycles. The van der Waals surface area contributed by atoms with Crippen molar-refractivity contribution in [2.75, 3.05) is 36.4 Å². The summed E-state index contributed by atoms with van der Waals surface area (Å²) in [7, 11) is -2.31. The molecule has 1 aliphatic rings. The third-order valence-corrected chi connectivity index (χ3v) is 8.16. The van der Waals surface area contributed by atoms with Crippen LogP contribution in [0.3, 0.4) is 0 Å². The van der Waals surface area contributed by atoms with Crippen molar-refractivity contribution in [3.8, 4) is 17.2 Å². The number of hydrogen-bond donors (Lipinski definition) is 2. The van der Waals surface area contributed by atoms with Crippen LogP contribution in [-0.4, -0.2) is 53.1 Å². The molecular formula is C32H31N3O7S. The van der Waals surface area contributed by atoms with Gasteiger partial charge in [-0.05, 0) is 72.6 Å². The maximum absolute atomic E-state index is 13.3. The van der Waals surface area contributed by atoms with Crippen molar-refractivity contribution in [1.82, 2.24) is 5.32 Å². The predicted molar refractivity (Wildman–Crippen MR) is 162 cm³/mol. The third kappa shape index (κ3) is 7.44. The molecule has 0 spiro atoms. The second kappa shape index (κ2) is 13.3. The first-order valence-electron chi connectivity index (χ1n) is 13.6. The second-order valence-corrected chi connectivity index (χ2v) is 11.4. The maximum atomic E-state index is 13.3. The Hall–Kier alpha value is -5.03. The summed E-state index contributed by atoms with van der Waals surface area (Å²) >= 11 is 0. The molecule has 1 aliphatic heterocycles. The SMILES string of the molecule is COc1ccc(NS(=O)(=O)c2ccc(OCC(=O)N3CC(C(=O)NCCc4ccccc4)Oc4ccccc43)cc2)cc1. The van der Waals surface area contributed by atoms with E-state index in [-0.39, 0.29) is 29.9 Å². The smallest absolute Gasteiger partial charge is 0.265 e. The van der Waals surface area contributed by atoms with E-state index in [1.165, 1.54) is 36.3 Å². The van der Waals surface area contributed by atoms with Crippen LogP contribution < -0.4 is 29.1 Å². The number of nitrogens with zero attached hydrogens (tertiary/aromatic N) is 1. The molecule has 0 saturated heterocycles. The van der Waals surface area contributed by atoms with Crippen molar-refractivity contribution in [3.63, 3.8) is 0 Å². The number of ether oxygens (including phenoxy) is 3. The van der Waals surface area contributed by atoms with Crippen molar-refractivity contribution < 1.29 is 32.2 Å². The van der Waals surface area contributed by atoms with E-state index in [1.54, 1.807) is 48.5 Å². The highest BCUT2D eigenvalue weighted by molar-refractivity contribution is 7.92. The number of nitrogens with one attached hydrogen (secondary N) is 2. The van der Waals surface area contributed by atoms with Gasteiger partial charge in [-0.15, -0.1) is 0 Å². The van der Waals surface area contributed by atoms with Gasteiger partial charge < -0.3 is 24.4 Å². The van der Waals surface area contributed by atoms with E-state index in [9.17, 15) is 18.0 Å². The summed E-state index contributed by atoms with van der Waals surface area (Å²) < 4.78 is 44.8. The highest BCUT2D eigenvalue weighted by atomic mass is 32.2. The van der Waals surface area contributed by atoms with E-state index < -0.39 is 16.1 Å². The van der Waals surface area contributed by atoms with E-state index in [4.69, 9.17) is 14.2 Å². The fourth-order valence-electron chi connectivity index (χ4n) is 4.51. The number of para-hydroxylation sites is 2. The molecule has 0 aliphatic carbocycles. The number of fused-ring (bicyclic) bond motifs is 1. The van der Waals surface area contributed by atoms with Gasteiger partial charge in [-0.3, -0.25) is 14.3 Å². The van der Waals surface area contributed by atoms with Crippen LogP contribution in [-0.2, 0) is 26.0 Å². The summed E-state index contributed by atoms with van der Waals surface area (Å²) in [5.74, 6) is 0.648. The molecule has 0 fully saturated rings. The van der Waals surface area contributed by atoms with Gasteiger partial charge in [0.1, 0.15) is 17.2 Å². The Kier molecular flexibility index (Phi) is 9.11. The van der Waals surface area contributed by atoms with Crippen molar-refractivity contribution in [3.05, 3.63) is 109 Å². The van der Waals surface area contributed by atoms with Crippen molar-refractivity contribution in [2.45, 2.75) is 17.4 Å². The van der Waals surface area contributed by atoms with Gasteiger partial charge in [0.2, 0.25) is 0 Å². The minimum Gasteiger partial charge on any atom is -0.497 e. The Labute approximate surface area is 250 Å². The Bertz CT molecular complexity index is 1660. The van der Waals surface area contributed by atoms with Gasteiger partial charge in [0.15, 0.2) is 12.7 Å². The predicted octanol–water partition coefficient (Wildman–Crippen LogP) is 4.03. The maximum Gasteiger partial charge on any atom is 0.265 e. The fraction of sp³-hybridized carbons (Fsp3) is 0.188. The molecule has 10 nitrogen and oxygen atoms in total. The molecule has 4 aromatic rings. The molecule has 1 atom stereocenters. The van der Waals surface area contributed by atoms with Gasteiger partial charge in [0, 0.05) is 12.2 Å². The quantitative estimate of drug-likeness (QED) is 0.266. The molecule has 222 valence electrons. The Morgan fingerprint density at radius 2 is 1.56 bits per heavy atom. The van der Waals surface area contributed by atoms with Crippen LogP contribution in [0.1, 0.15) is 5.56 Å². The van der Waals surface area contributed by atoms with Crippen LogP contribution >= 0.6 is 0 Å². The lowest BCUT2D eigenvalue weighted by Crippen LogP contribution is -2.52. The minimum absolute atomic E-state index is 0.0184. The highest BCUT2D eigenvalue weighted by Gasteiger charge is 2.33. The third-order valence-electron chi connectivity index (χ3n) is 6.76. The van der Waals surface area contributed by atoms with Crippen LogP contribution in [0.4, 0.5) is 11.4 Å². The molecular weight excluding hydrogens is 570 g/mol. The zero-order valence-corrected chi connectivity index (χ0v) is 24.3. The number of benzene rings is 4. The summed E-state index contributed by atoms with van der Waals surface area (Å²) in [6, 6.07) is 29.1. The second-order valence-electron chi connectivity index (χ2n) is 9.70. The first kappa shape index (κ1) is 29.5. The first-order chi connectivity index (χ1) is 20.8. The fourth-order valence-corrected chi connectivity index (χ4v) is 5.57. The van der Waals surface area contributed by atoms with Crippen molar-refractivity contribution in [1.29, 1.82) is 0 Å². The Balaban J connectivity index is 1.19. The van der Waals surface area contributed by atoms with Gasteiger partial charge in [-0.25, -0.2) is 8.42 Å². The Morgan fingerprint density at radius 1 is 0.884 bits per heavy atom. The van der Waals surface area contributed by atoms with Gasteiger partial charge >= 0.3 is 0 Å². The molecule has 0 saturated carbocycles. The molecule has 11 heteroatoms. The van der Waals surface area contributed by atoms with Gasteiger partial charge in [0.25, 0.3) is 21.8 Å². The average molecular weight is 602 g/mol. The standard InChI is InChI=1S/C32H31N3O7S/c1-40-25-13-11-24(12-14-25)34-43(38,39)27-17-15-26(16-18-27)41-22-31(36)35-21-30(42-29-10-6-5-9-28(29)35)32(37)33-20-19-23-7-3-2-4-8-23/h2-18,30,34H,19-22H2,1H3,(H,33,37). The van der Waals surface area contributed by atoms with E-state index in [0.717, 1.165) is 5.56 Å². The lowest BCUT2D eigenvalue weighted by molar-refractivity contribution is -0.128. The largest absolute Gasteiger partial charge is 0.497 e. The van der Waals surface area contributed by atoms with Crippen LogP contribution in [0.15, 0.2) is 108 Å².